The van der Waals surface area contributed by atoms with Crippen molar-refractivity contribution in [2.24, 2.45) is 11.1 Å². The highest BCUT2D eigenvalue weighted by Gasteiger charge is 2.40. The highest BCUT2D eigenvalue weighted by Crippen LogP contribution is 2.47. The van der Waals surface area contributed by atoms with Gasteiger partial charge in [0.05, 0.1) is 0 Å². The van der Waals surface area contributed by atoms with Gasteiger partial charge < -0.3 is 10.6 Å². The van der Waals surface area contributed by atoms with Gasteiger partial charge in [0.1, 0.15) is 0 Å². The maximum absolute atomic E-state index is 5.71. The molecule has 2 nitrogen and oxygen atoms in total. The SMILES string of the molecule is CCCN(C)CCC1(CN)CC1. The molecular weight excluding hydrogens is 148 g/mol. The monoisotopic (exact) mass is 170 g/mol. The van der Waals surface area contributed by atoms with Crippen molar-refractivity contribution in [2.45, 2.75) is 32.6 Å². The Morgan fingerprint density at radius 2 is 2.00 bits per heavy atom. The van der Waals surface area contributed by atoms with E-state index in [9.17, 15) is 0 Å². The van der Waals surface area contributed by atoms with Gasteiger partial charge in [0.25, 0.3) is 0 Å². The third-order valence-corrected chi connectivity index (χ3v) is 3.02. The van der Waals surface area contributed by atoms with E-state index >= 15 is 0 Å². The molecule has 0 heterocycles. The van der Waals surface area contributed by atoms with Crippen molar-refractivity contribution in [1.82, 2.24) is 4.90 Å². The number of hydrogen-bond acceptors (Lipinski definition) is 2. The third kappa shape index (κ3) is 2.76. The van der Waals surface area contributed by atoms with Gasteiger partial charge >= 0.3 is 0 Å². The first-order chi connectivity index (χ1) is 5.72. The average molecular weight is 170 g/mol. The average Bonchev–Trinajstić information content (AvgIpc) is 2.82. The first-order valence-electron chi connectivity index (χ1n) is 5.11. The van der Waals surface area contributed by atoms with Crippen LogP contribution in [0.25, 0.3) is 0 Å². The largest absolute Gasteiger partial charge is 0.330 e. The molecule has 0 amide bonds. The molecular formula is C10H22N2. The molecule has 0 atom stereocenters. The van der Waals surface area contributed by atoms with Crippen LogP contribution < -0.4 is 5.73 Å². The Labute approximate surface area is 76.1 Å². The van der Waals surface area contributed by atoms with E-state index in [-0.39, 0.29) is 0 Å². The Hall–Kier alpha value is -0.0800. The van der Waals surface area contributed by atoms with Gasteiger partial charge in [-0.25, -0.2) is 0 Å². The van der Waals surface area contributed by atoms with E-state index < -0.39 is 0 Å². The van der Waals surface area contributed by atoms with Gasteiger partial charge in [-0.2, -0.15) is 0 Å². The number of hydrogen-bond donors (Lipinski definition) is 1. The molecule has 72 valence electrons. The highest BCUT2D eigenvalue weighted by molar-refractivity contribution is 4.94. The van der Waals surface area contributed by atoms with Gasteiger partial charge in [-0.3, -0.25) is 0 Å². The van der Waals surface area contributed by atoms with Crippen molar-refractivity contribution in [3.05, 3.63) is 0 Å². The number of nitrogens with two attached hydrogens (primary N) is 1. The van der Waals surface area contributed by atoms with Crippen molar-refractivity contribution >= 4 is 0 Å². The molecule has 2 heteroatoms. The van der Waals surface area contributed by atoms with E-state index in [0.29, 0.717) is 5.41 Å². The molecule has 0 aromatic heterocycles. The van der Waals surface area contributed by atoms with E-state index in [2.05, 4.69) is 18.9 Å². The zero-order chi connectivity index (χ0) is 9.03. The molecule has 1 rings (SSSR count). The summed E-state index contributed by atoms with van der Waals surface area (Å²) < 4.78 is 0. The van der Waals surface area contributed by atoms with Crippen molar-refractivity contribution in [3.8, 4) is 0 Å². The van der Waals surface area contributed by atoms with Crippen LogP contribution in [-0.4, -0.2) is 31.6 Å². The Bertz CT molecular complexity index is 130. The lowest BCUT2D eigenvalue weighted by atomic mass is 10.0. The molecule has 12 heavy (non-hydrogen) atoms. The van der Waals surface area contributed by atoms with E-state index in [1.807, 2.05) is 0 Å². The summed E-state index contributed by atoms with van der Waals surface area (Å²) in [7, 11) is 2.20. The van der Waals surface area contributed by atoms with Crippen LogP contribution in [0.5, 0.6) is 0 Å². The van der Waals surface area contributed by atoms with Crippen LogP contribution in [0.4, 0.5) is 0 Å². The third-order valence-electron chi connectivity index (χ3n) is 3.02. The second kappa shape index (κ2) is 4.24. The van der Waals surface area contributed by atoms with Gasteiger partial charge in [-0.15, -0.1) is 0 Å². The van der Waals surface area contributed by atoms with Gasteiger partial charge in [-0.05, 0) is 57.8 Å². The molecule has 0 bridgehead atoms. The summed E-state index contributed by atoms with van der Waals surface area (Å²) in [6.07, 6.45) is 5.29. The van der Waals surface area contributed by atoms with Crippen LogP contribution in [0.3, 0.4) is 0 Å². The van der Waals surface area contributed by atoms with Gasteiger partial charge in [0.15, 0.2) is 0 Å². The van der Waals surface area contributed by atoms with Crippen LogP contribution in [0.1, 0.15) is 32.6 Å². The fraction of sp³-hybridized carbons (Fsp3) is 1.00. The lowest BCUT2D eigenvalue weighted by molar-refractivity contribution is 0.294. The highest BCUT2D eigenvalue weighted by atomic mass is 15.1. The summed E-state index contributed by atoms with van der Waals surface area (Å²) in [6, 6.07) is 0. The fourth-order valence-electron chi connectivity index (χ4n) is 1.65. The van der Waals surface area contributed by atoms with E-state index in [1.165, 1.54) is 38.8 Å². The van der Waals surface area contributed by atoms with Gasteiger partial charge in [0.2, 0.25) is 0 Å². The van der Waals surface area contributed by atoms with Crippen LogP contribution in [0.15, 0.2) is 0 Å². The second-order valence-corrected chi connectivity index (χ2v) is 4.26. The molecule has 0 aromatic carbocycles. The Balaban J connectivity index is 2.08. The van der Waals surface area contributed by atoms with Crippen LogP contribution in [-0.2, 0) is 0 Å². The van der Waals surface area contributed by atoms with Gasteiger partial charge in [0, 0.05) is 0 Å². The molecule has 0 spiro atoms. The smallest absolute Gasteiger partial charge is 0.00160 e. The summed E-state index contributed by atoms with van der Waals surface area (Å²) in [5.41, 5.74) is 6.27. The minimum absolute atomic E-state index is 0.558. The van der Waals surface area contributed by atoms with Crippen LogP contribution in [0.2, 0.25) is 0 Å². The summed E-state index contributed by atoms with van der Waals surface area (Å²) in [5.74, 6) is 0. The first-order valence-corrected chi connectivity index (χ1v) is 5.11. The molecule has 0 radical (unpaired) electrons. The molecule has 1 aliphatic carbocycles. The molecule has 1 aliphatic rings. The van der Waals surface area contributed by atoms with Crippen molar-refractivity contribution < 1.29 is 0 Å². The van der Waals surface area contributed by atoms with Crippen molar-refractivity contribution in [1.29, 1.82) is 0 Å². The minimum atomic E-state index is 0.558. The Morgan fingerprint density at radius 3 is 2.42 bits per heavy atom. The molecule has 1 saturated carbocycles. The molecule has 0 aromatic rings. The predicted octanol–water partition coefficient (Wildman–Crippen LogP) is 1.46. The van der Waals surface area contributed by atoms with E-state index in [4.69, 9.17) is 5.73 Å². The molecule has 0 saturated heterocycles. The quantitative estimate of drug-likeness (QED) is 0.654. The second-order valence-electron chi connectivity index (χ2n) is 4.26. The Kier molecular flexibility index (Phi) is 3.53. The Morgan fingerprint density at radius 1 is 1.33 bits per heavy atom. The number of nitrogens with zero attached hydrogens (tertiary/aromatic N) is 1. The summed E-state index contributed by atoms with van der Waals surface area (Å²) >= 11 is 0. The fourth-order valence-corrected chi connectivity index (χ4v) is 1.65. The lowest BCUT2D eigenvalue weighted by Gasteiger charge is -2.19. The van der Waals surface area contributed by atoms with E-state index in [1.54, 1.807) is 0 Å². The summed E-state index contributed by atoms with van der Waals surface area (Å²) in [4.78, 5) is 2.41. The standard InChI is InChI=1S/C10H22N2/c1-3-7-12(2)8-6-10(9-11)4-5-10/h3-9,11H2,1-2H3. The predicted molar refractivity (Wildman–Crippen MR) is 53.1 cm³/mol. The topological polar surface area (TPSA) is 29.3 Å². The normalized spacial score (nSPS) is 20.0. The molecule has 2 N–H and O–H groups in total. The van der Waals surface area contributed by atoms with E-state index in [0.717, 1.165) is 6.54 Å². The van der Waals surface area contributed by atoms with Gasteiger partial charge in [-0.1, -0.05) is 6.92 Å². The van der Waals surface area contributed by atoms with Crippen LogP contribution >= 0.6 is 0 Å². The first kappa shape index (κ1) is 10.0. The maximum Gasteiger partial charge on any atom is -0.00160 e. The van der Waals surface area contributed by atoms with Crippen molar-refractivity contribution in [2.75, 3.05) is 26.7 Å². The zero-order valence-electron chi connectivity index (χ0n) is 8.47. The summed E-state index contributed by atoms with van der Waals surface area (Å²) in [6.45, 7) is 5.57. The summed E-state index contributed by atoms with van der Waals surface area (Å²) in [5, 5.41) is 0. The zero-order valence-corrected chi connectivity index (χ0v) is 8.47. The lowest BCUT2D eigenvalue weighted by Crippen LogP contribution is -2.25. The van der Waals surface area contributed by atoms with Crippen LogP contribution in [0, 0.1) is 5.41 Å². The maximum atomic E-state index is 5.71. The molecule has 0 aliphatic heterocycles. The molecule has 0 unspecified atom stereocenters. The number of rotatable bonds is 6. The van der Waals surface area contributed by atoms with Crippen molar-refractivity contribution in [3.63, 3.8) is 0 Å². The molecule has 1 fully saturated rings. The minimum Gasteiger partial charge on any atom is -0.330 e.